The second kappa shape index (κ2) is 6.08. The monoisotopic (exact) mass is 214 g/mol. The van der Waals surface area contributed by atoms with E-state index in [2.05, 4.69) is 28.4 Å². The van der Waals surface area contributed by atoms with Crippen LogP contribution in [0.5, 0.6) is 0 Å². The zero-order valence-electron chi connectivity index (χ0n) is 10.0. The molecule has 0 N–H and O–H groups in total. The third-order valence-electron chi connectivity index (χ3n) is 3.00. The van der Waals surface area contributed by atoms with E-state index in [1.165, 1.54) is 7.11 Å². The number of hydrogen-bond donors (Lipinski definition) is 0. The highest BCUT2D eigenvalue weighted by Crippen LogP contribution is 2.06. The van der Waals surface area contributed by atoms with Crippen molar-refractivity contribution in [2.75, 3.05) is 39.8 Å². The summed E-state index contributed by atoms with van der Waals surface area (Å²) in [7, 11) is 1.44. The number of carbonyl (C=O) groups excluding carboxylic acids is 1. The van der Waals surface area contributed by atoms with Crippen LogP contribution in [0.1, 0.15) is 20.3 Å². The Morgan fingerprint density at radius 2 is 1.87 bits per heavy atom. The van der Waals surface area contributed by atoms with Crippen LogP contribution in [0.4, 0.5) is 0 Å². The number of methoxy groups -OCH3 is 1. The van der Waals surface area contributed by atoms with E-state index in [1.54, 1.807) is 0 Å². The summed E-state index contributed by atoms with van der Waals surface area (Å²) in [5, 5.41) is 0. The van der Waals surface area contributed by atoms with Gasteiger partial charge >= 0.3 is 5.97 Å². The number of hydrogen-bond acceptors (Lipinski definition) is 4. The van der Waals surface area contributed by atoms with Crippen LogP contribution in [0.3, 0.4) is 0 Å². The van der Waals surface area contributed by atoms with Crippen LogP contribution in [0.25, 0.3) is 0 Å². The van der Waals surface area contributed by atoms with Gasteiger partial charge in [0.05, 0.1) is 13.5 Å². The van der Waals surface area contributed by atoms with E-state index < -0.39 is 0 Å². The van der Waals surface area contributed by atoms with Crippen molar-refractivity contribution in [3.8, 4) is 0 Å². The lowest BCUT2D eigenvalue weighted by Crippen LogP contribution is -2.49. The maximum absolute atomic E-state index is 11.0. The highest BCUT2D eigenvalue weighted by Gasteiger charge is 2.18. The fourth-order valence-corrected chi connectivity index (χ4v) is 1.85. The number of piperazine rings is 1. The molecule has 1 aliphatic rings. The molecule has 0 bridgehead atoms. The smallest absolute Gasteiger partial charge is 0.306 e. The number of esters is 1. The van der Waals surface area contributed by atoms with E-state index in [9.17, 15) is 4.79 Å². The van der Waals surface area contributed by atoms with E-state index in [1.807, 2.05) is 0 Å². The molecule has 88 valence electrons. The lowest BCUT2D eigenvalue weighted by atomic mass is 10.2. The summed E-state index contributed by atoms with van der Waals surface area (Å²) < 4.78 is 4.62. The number of ether oxygens (including phenoxy) is 1. The molecule has 0 radical (unpaired) electrons. The van der Waals surface area contributed by atoms with Gasteiger partial charge in [0.2, 0.25) is 0 Å². The summed E-state index contributed by atoms with van der Waals surface area (Å²) in [6.07, 6.45) is 0.512. The topological polar surface area (TPSA) is 32.8 Å². The molecule has 1 aliphatic heterocycles. The van der Waals surface area contributed by atoms with Crippen molar-refractivity contribution in [1.82, 2.24) is 9.80 Å². The molecule has 1 fully saturated rings. The summed E-state index contributed by atoms with van der Waals surface area (Å²) in [5.74, 6) is -0.110. The maximum atomic E-state index is 11.0. The molecule has 0 aromatic rings. The van der Waals surface area contributed by atoms with Gasteiger partial charge in [0.1, 0.15) is 0 Å². The summed E-state index contributed by atoms with van der Waals surface area (Å²) >= 11 is 0. The Bertz CT molecular complexity index is 199. The third kappa shape index (κ3) is 4.18. The van der Waals surface area contributed by atoms with Gasteiger partial charge in [-0.15, -0.1) is 0 Å². The first kappa shape index (κ1) is 12.5. The zero-order chi connectivity index (χ0) is 11.3. The molecule has 0 atom stereocenters. The predicted octanol–water partition coefficient (Wildman–Crippen LogP) is 0.575. The van der Waals surface area contributed by atoms with Crippen LogP contribution in [0.15, 0.2) is 0 Å². The van der Waals surface area contributed by atoms with Gasteiger partial charge in [-0.25, -0.2) is 0 Å². The number of nitrogens with zero attached hydrogens (tertiary/aromatic N) is 2. The molecule has 15 heavy (non-hydrogen) atoms. The summed E-state index contributed by atoms with van der Waals surface area (Å²) in [6, 6.07) is 0.632. The van der Waals surface area contributed by atoms with Crippen molar-refractivity contribution in [1.29, 1.82) is 0 Å². The first-order chi connectivity index (χ1) is 7.13. The molecule has 0 aromatic heterocycles. The molecule has 0 saturated carbocycles. The van der Waals surface area contributed by atoms with Gasteiger partial charge in [-0.2, -0.15) is 0 Å². The second-order valence-corrected chi connectivity index (χ2v) is 4.30. The molecule has 4 nitrogen and oxygen atoms in total. The lowest BCUT2D eigenvalue weighted by molar-refractivity contribution is -0.141. The lowest BCUT2D eigenvalue weighted by Gasteiger charge is -2.36. The quantitative estimate of drug-likeness (QED) is 0.641. The first-order valence-electron chi connectivity index (χ1n) is 5.66. The molecule has 1 rings (SSSR count). The largest absolute Gasteiger partial charge is 0.469 e. The molecule has 0 unspecified atom stereocenters. The minimum Gasteiger partial charge on any atom is -0.469 e. The minimum atomic E-state index is -0.110. The fraction of sp³-hybridized carbons (Fsp3) is 0.909. The summed E-state index contributed by atoms with van der Waals surface area (Å²) in [4.78, 5) is 15.8. The van der Waals surface area contributed by atoms with Gasteiger partial charge in [-0.3, -0.25) is 9.69 Å². The van der Waals surface area contributed by atoms with Crippen molar-refractivity contribution in [3.63, 3.8) is 0 Å². The van der Waals surface area contributed by atoms with Crippen LogP contribution < -0.4 is 0 Å². The van der Waals surface area contributed by atoms with E-state index >= 15 is 0 Å². The van der Waals surface area contributed by atoms with E-state index in [0.717, 1.165) is 32.7 Å². The number of carbonyl (C=O) groups is 1. The Morgan fingerprint density at radius 3 is 2.33 bits per heavy atom. The molecular weight excluding hydrogens is 192 g/mol. The maximum Gasteiger partial charge on any atom is 0.306 e. The van der Waals surface area contributed by atoms with E-state index in [0.29, 0.717) is 12.5 Å². The molecule has 0 aliphatic carbocycles. The van der Waals surface area contributed by atoms with Crippen molar-refractivity contribution in [2.24, 2.45) is 0 Å². The van der Waals surface area contributed by atoms with Crippen LogP contribution in [0.2, 0.25) is 0 Å². The molecule has 1 heterocycles. The van der Waals surface area contributed by atoms with Gasteiger partial charge < -0.3 is 9.64 Å². The second-order valence-electron chi connectivity index (χ2n) is 4.30. The van der Waals surface area contributed by atoms with Gasteiger partial charge in [-0.05, 0) is 13.8 Å². The Labute approximate surface area is 92.2 Å². The van der Waals surface area contributed by atoms with Crippen molar-refractivity contribution < 1.29 is 9.53 Å². The molecule has 0 aromatic carbocycles. The van der Waals surface area contributed by atoms with Crippen LogP contribution in [-0.2, 0) is 9.53 Å². The van der Waals surface area contributed by atoms with Crippen LogP contribution >= 0.6 is 0 Å². The highest BCUT2D eigenvalue weighted by atomic mass is 16.5. The number of rotatable bonds is 4. The first-order valence-corrected chi connectivity index (χ1v) is 5.66. The van der Waals surface area contributed by atoms with Crippen molar-refractivity contribution in [2.45, 2.75) is 26.3 Å². The Kier molecular flexibility index (Phi) is 5.05. The highest BCUT2D eigenvalue weighted by molar-refractivity contribution is 5.69. The van der Waals surface area contributed by atoms with Gasteiger partial charge in [-0.1, -0.05) is 0 Å². The van der Waals surface area contributed by atoms with Gasteiger partial charge in [0.15, 0.2) is 0 Å². The zero-order valence-corrected chi connectivity index (χ0v) is 10.0. The summed E-state index contributed by atoms with van der Waals surface area (Å²) in [5.41, 5.74) is 0. The van der Waals surface area contributed by atoms with Crippen molar-refractivity contribution in [3.05, 3.63) is 0 Å². The normalized spacial score (nSPS) is 19.5. The molecule has 4 heteroatoms. The average molecular weight is 214 g/mol. The van der Waals surface area contributed by atoms with E-state index in [4.69, 9.17) is 0 Å². The van der Waals surface area contributed by atoms with Crippen molar-refractivity contribution >= 4 is 5.97 Å². The minimum absolute atomic E-state index is 0.110. The van der Waals surface area contributed by atoms with Crippen LogP contribution in [0, 0.1) is 0 Å². The SMILES string of the molecule is COC(=O)CCN1CCN(C(C)C)CC1. The summed E-state index contributed by atoms with van der Waals surface area (Å²) in [6.45, 7) is 9.63. The Balaban J connectivity index is 2.17. The van der Waals surface area contributed by atoms with E-state index in [-0.39, 0.29) is 5.97 Å². The van der Waals surface area contributed by atoms with Crippen LogP contribution in [-0.4, -0.2) is 61.6 Å². The average Bonchev–Trinajstić information content (AvgIpc) is 2.26. The fourth-order valence-electron chi connectivity index (χ4n) is 1.85. The Hall–Kier alpha value is -0.610. The molecular formula is C11H22N2O2. The third-order valence-corrected chi connectivity index (χ3v) is 3.00. The van der Waals surface area contributed by atoms with Gasteiger partial charge in [0.25, 0.3) is 0 Å². The molecule has 0 spiro atoms. The predicted molar refractivity (Wildman–Crippen MR) is 59.8 cm³/mol. The molecule has 1 saturated heterocycles. The Morgan fingerprint density at radius 1 is 1.27 bits per heavy atom. The molecule has 0 amide bonds. The standard InChI is InChI=1S/C11H22N2O2/c1-10(2)13-8-6-12(7-9-13)5-4-11(14)15-3/h10H,4-9H2,1-3H3. The van der Waals surface area contributed by atoms with Gasteiger partial charge in [0, 0.05) is 38.8 Å².